The van der Waals surface area contributed by atoms with Gasteiger partial charge in [0.25, 0.3) is 0 Å². The summed E-state index contributed by atoms with van der Waals surface area (Å²) < 4.78 is 1.17. The summed E-state index contributed by atoms with van der Waals surface area (Å²) in [6.45, 7) is 1.64. The van der Waals surface area contributed by atoms with Gasteiger partial charge in [0.1, 0.15) is 5.75 Å². The third-order valence-corrected chi connectivity index (χ3v) is 3.29. The molecule has 0 fully saturated rings. The Hall–Kier alpha value is -3.28. The van der Waals surface area contributed by atoms with Crippen molar-refractivity contribution in [2.45, 2.75) is 6.92 Å². The molecule has 6 heteroatoms. The molecular formula is C17H14N4O2. The lowest BCUT2D eigenvalue weighted by atomic mass is 10.2. The summed E-state index contributed by atoms with van der Waals surface area (Å²) in [4.78, 5) is 12.6. The van der Waals surface area contributed by atoms with Crippen molar-refractivity contribution >= 4 is 6.21 Å². The first-order valence-corrected chi connectivity index (χ1v) is 7.01. The number of phenols is 1. The van der Waals surface area contributed by atoms with E-state index >= 15 is 0 Å². The van der Waals surface area contributed by atoms with E-state index < -0.39 is 0 Å². The van der Waals surface area contributed by atoms with Crippen LogP contribution in [0.3, 0.4) is 0 Å². The molecule has 0 aliphatic rings. The van der Waals surface area contributed by atoms with Crippen molar-refractivity contribution in [2.75, 3.05) is 0 Å². The molecule has 0 spiro atoms. The second-order valence-corrected chi connectivity index (χ2v) is 4.88. The average molecular weight is 306 g/mol. The highest BCUT2D eigenvalue weighted by Crippen LogP contribution is 2.13. The number of para-hydroxylation sites is 1. The largest absolute Gasteiger partial charge is 0.507 e. The number of aryl methyl sites for hydroxylation is 1. The lowest BCUT2D eigenvalue weighted by Crippen LogP contribution is -2.23. The van der Waals surface area contributed by atoms with Gasteiger partial charge in [0.2, 0.25) is 0 Å². The minimum Gasteiger partial charge on any atom is -0.507 e. The van der Waals surface area contributed by atoms with Crippen molar-refractivity contribution < 1.29 is 5.11 Å². The maximum absolute atomic E-state index is 12.6. The Morgan fingerprint density at radius 3 is 2.48 bits per heavy atom. The van der Waals surface area contributed by atoms with Gasteiger partial charge in [-0.3, -0.25) is 4.79 Å². The topological polar surface area (TPSA) is 80.4 Å². The van der Waals surface area contributed by atoms with Gasteiger partial charge in [-0.25, -0.2) is 0 Å². The number of aromatic nitrogens is 3. The molecule has 0 unspecified atom stereocenters. The van der Waals surface area contributed by atoms with Gasteiger partial charge in [-0.2, -0.15) is 9.78 Å². The molecule has 1 aromatic heterocycles. The van der Waals surface area contributed by atoms with Crippen LogP contribution < -0.4 is 5.56 Å². The standard InChI is InChI=1S/C17H14N4O2/c1-12-19-20-16(13-7-3-2-4-8-13)17(23)21(12)18-11-14-9-5-6-10-15(14)22/h2-11,22H,1H3/b18-11+. The molecule has 0 aliphatic heterocycles. The molecule has 0 atom stereocenters. The van der Waals surface area contributed by atoms with E-state index in [9.17, 15) is 9.90 Å². The van der Waals surface area contributed by atoms with Gasteiger partial charge >= 0.3 is 5.56 Å². The van der Waals surface area contributed by atoms with Gasteiger partial charge in [0.05, 0.1) is 6.21 Å². The van der Waals surface area contributed by atoms with E-state index in [2.05, 4.69) is 15.3 Å². The molecule has 0 saturated carbocycles. The summed E-state index contributed by atoms with van der Waals surface area (Å²) in [5.74, 6) is 0.452. The average Bonchev–Trinajstić information content (AvgIpc) is 2.57. The van der Waals surface area contributed by atoms with E-state index in [1.54, 1.807) is 43.3 Å². The number of benzene rings is 2. The minimum atomic E-state index is -0.365. The van der Waals surface area contributed by atoms with Crippen LogP contribution in [-0.2, 0) is 0 Å². The number of rotatable bonds is 3. The first-order valence-electron chi connectivity index (χ1n) is 7.01. The zero-order chi connectivity index (χ0) is 16.2. The van der Waals surface area contributed by atoms with Crippen molar-refractivity contribution in [3.05, 3.63) is 76.3 Å². The van der Waals surface area contributed by atoms with E-state index in [4.69, 9.17) is 0 Å². The maximum Gasteiger partial charge on any atom is 0.301 e. The molecule has 1 N–H and O–H groups in total. The fourth-order valence-electron chi connectivity index (χ4n) is 2.08. The molecule has 0 amide bonds. The summed E-state index contributed by atoms with van der Waals surface area (Å²) in [5.41, 5.74) is 1.05. The van der Waals surface area contributed by atoms with Gasteiger partial charge in [0, 0.05) is 11.1 Å². The molecule has 2 aromatic carbocycles. The van der Waals surface area contributed by atoms with Crippen LogP contribution >= 0.6 is 0 Å². The Morgan fingerprint density at radius 1 is 1.04 bits per heavy atom. The number of hydrogen-bond acceptors (Lipinski definition) is 5. The molecule has 3 aromatic rings. The van der Waals surface area contributed by atoms with Crippen molar-refractivity contribution in [3.8, 4) is 17.0 Å². The van der Waals surface area contributed by atoms with E-state index in [-0.39, 0.29) is 17.0 Å². The van der Waals surface area contributed by atoms with Crippen LogP contribution in [-0.4, -0.2) is 26.2 Å². The summed E-state index contributed by atoms with van der Waals surface area (Å²) in [7, 11) is 0. The Morgan fingerprint density at radius 2 is 1.74 bits per heavy atom. The van der Waals surface area contributed by atoms with Crippen LogP contribution in [0.1, 0.15) is 11.4 Å². The van der Waals surface area contributed by atoms with E-state index in [0.29, 0.717) is 17.0 Å². The Labute approximate surface area is 132 Å². The van der Waals surface area contributed by atoms with Crippen LogP contribution in [0.5, 0.6) is 5.75 Å². The molecule has 0 bridgehead atoms. The fraction of sp³-hybridized carbons (Fsp3) is 0.0588. The van der Waals surface area contributed by atoms with Crippen LogP contribution in [0.25, 0.3) is 11.3 Å². The smallest absolute Gasteiger partial charge is 0.301 e. The summed E-state index contributed by atoms with van der Waals surface area (Å²) in [6, 6.07) is 15.8. The van der Waals surface area contributed by atoms with Crippen LogP contribution in [0, 0.1) is 6.92 Å². The maximum atomic E-state index is 12.6. The zero-order valence-corrected chi connectivity index (χ0v) is 12.4. The quantitative estimate of drug-likeness (QED) is 0.752. The molecule has 0 aliphatic carbocycles. The van der Waals surface area contributed by atoms with E-state index in [1.807, 2.05) is 18.2 Å². The molecule has 1 heterocycles. The van der Waals surface area contributed by atoms with Crippen molar-refractivity contribution in [1.82, 2.24) is 14.9 Å². The van der Waals surface area contributed by atoms with Gasteiger partial charge < -0.3 is 5.11 Å². The van der Waals surface area contributed by atoms with Gasteiger partial charge in [-0.15, -0.1) is 10.2 Å². The second kappa shape index (κ2) is 6.23. The SMILES string of the molecule is Cc1nnc(-c2ccccc2)c(=O)n1/N=C/c1ccccc1O. The first-order chi connectivity index (χ1) is 11.2. The molecule has 0 saturated heterocycles. The number of hydrogen-bond donors (Lipinski definition) is 1. The van der Waals surface area contributed by atoms with Gasteiger partial charge in [-0.1, -0.05) is 42.5 Å². The monoisotopic (exact) mass is 306 g/mol. The summed E-state index contributed by atoms with van der Waals surface area (Å²) >= 11 is 0. The summed E-state index contributed by atoms with van der Waals surface area (Å²) in [6.07, 6.45) is 1.42. The fourth-order valence-corrected chi connectivity index (χ4v) is 2.08. The van der Waals surface area contributed by atoms with Crippen molar-refractivity contribution in [1.29, 1.82) is 0 Å². The summed E-state index contributed by atoms with van der Waals surface area (Å²) in [5, 5.41) is 21.9. The number of aromatic hydroxyl groups is 1. The molecule has 23 heavy (non-hydrogen) atoms. The molecule has 3 rings (SSSR count). The normalized spacial score (nSPS) is 11.0. The Bertz CT molecular complexity index is 917. The molecular weight excluding hydrogens is 292 g/mol. The predicted octanol–water partition coefficient (Wildman–Crippen LogP) is 2.20. The molecule has 114 valence electrons. The third kappa shape index (κ3) is 3.01. The van der Waals surface area contributed by atoms with Gasteiger partial charge in [-0.05, 0) is 19.1 Å². The Balaban J connectivity index is 2.07. The molecule has 0 radical (unpaired) electrons. The first kappa shape index (κ1) is 14.6. The highest BCUT2D eigenvalue weighted by molar-refractivity contribution is 5.83. The van der Waals surface area contributed by atoms with Crippen molar-refractivity contribution in [2.24, 2.45) is 5.10 Å². The highest BCUT2D eigenvalue weighted by Gasteiger charge is 2.10. The van der Waals surface area contributed by atoms with Crippen LogP contribution in [0.15, 0.2) is 64.5 Å². The minimum absolute atomic E-state index is 0.0900. The third-order valence-electron chi connectivity index (χ3n) is 3.29. The molecule has 6 nitrogen and oxygen atoms in total. The lowest BCUT2D eigenvalue weighted by molar-refractivity contribution is 0.474. The van der Waals surface area contributed by atoms with Crippen molar-refractivity contribution in [3.63, 3.8) is 0 Å². The zero-order valence-electron chi connectivity index (χ0n) is 12.4. The number of nitrogens with zero attached hydrogens (tertiary/aromatic N) is 4. The second-order valence-electron chi connectivity index (χ2n) is 4.88. The van der Waals surface area contributed by atoms with Gasteiger partial charge in [0.15, 0.2) is 11.5 Å². The van der Waals surface area contributed by atoms with Crippen LogP contribution in [0.4, 0.5) is 0 Å². The van der Waals surface area contributed by atoms with E-state index in [1.165, 1.54) is 10.9 Å². The van der Waals surface area contributed by atoms with E-state index in [0.717, 1.165) is 0 Å². The Kier molecular flexibility index (Phi) is 3.97. The lowest BCUT2D eigenvalue weighted by Gasteiger charge is -2.05. The van der Waals surface area contributed by atoms with Crippen LogP contribution in [0.2, 0.25) is 0 Å². The predicted molar refractivity (Wildman–Crippen MR) is 87.6 cm³/mol. The highest BCUT2D eigenvalue weighted by atomic mass is 16.3. The number of phenolic OH excluding ortho intramolecular Hbond substituents is 1.